The summed E-state index contributed by atoms with van der Waals surface area (Å²) in [6.45, 7) is 1.98. The van der Waals surface area contributed by atoms with E-state index in [0.717, 1.165) is 6.42 Å². The van der Waals surface area contributed by atoms with Crippen LogP contribution in [-0.2, 0) is 11.8 Å². The number of hydrogen-bond acceptors (Lipinski definition) is 4. The number of benzene rings is 1. The first kappa shape index (κ1) is 18.7. The van der Waals surface area contributed by atoms with Crippen LogP contribution in [0.4, 0.5) is 5.69 Å². The van der Waals surface area contributed by atoms with E-state index in [4.69, 9.17) is 4.74 Å². The van der Waals surface area contributed by atoms with E-state index in [2.05, 4.69) is 5.32 Å². The Morgan fingerprint density at radius 1 is 1.19 bits per heavy atom. The maximum Gasteiger partial charge on any atom is 0.271 e. The van der Waals surface area contributed by atoms with Crippen molar-refractivity contribution in [1.29, 1.82) is 0 Å². The molecule has 1 N–H and O–H groups in total. The molecular weight excluding hydrogens is 346 g/mol. The molecule has 7 heteroatoms. The topological polar surface area (TPSA) is 80.6 Å². The quantitative estimate of drug-likeness (QED) is 0.821. The largest absolute Gasteiger partial charge is 0.497 e. The number of likely N-dealkylation sites (tertiary alicyclic amines) is 1. The van der Waals surface area contributed by atoms with E-state index in [9.17, 15) is 14.4 Å². The minimum absolute atomic E-state index is 0.0973. The van der Waals surface area contributed by atoms with E-state index < -0.39 is 6.04 Å². The van der Waals surface area contributed by atoms with Gasteiger partial charge in [0.1, 0.15) is 17.5 Å². The van der Waals surface area contributed by atoms with Crippen LogP contribution in [-0.4, -0.2) is 46.8 Å². The monoisotopic (exact) mass is 369 g/mol. The number of ether oxygens (including phenoxy) is 1. The van der Waals surface area contributed by atoms with E-state index in [-0.39, 0.29) is 17.6 Å². The van der Waals surface area contributed by atoms with Gasteiger partial charge >= 0.3 is 0 Å². The lowest BCUT2D eigenvalue weighted by atomic mass is 10.2. The summed E-state index contributed by atoms with van der Waals surface area (Å²) in [5.41, 5.74) is 1.54. The van der Waals surface area contributed by atoms with Crippen molar-refractivity contribution in [2.75, 3.05) is 19.0 Å². The fourth-order valence-electron chi connectivity index (χ4n) is 3.30. The molecule has 2 heterocycles. The molecule has 0 saturated carbocycles. The standard InChI is InChI=1S/C20H23N3O4/c1-13(24)14-11-18(22(2)12-14)20(26)23-10-4-5-17(23)19(25)21-15-6-8-16(27-3)9-7-15/h6-9,11-12,17H,4-5,10H2,1-3H3,(H,21,25)/t17-/m1/s1. The van der Waals surface area contributed by atoms with Gasteiger partial charge in [0.05, 0.1) is 7.11 Å². The average molecular weight is 369 g/mol. The minimum Gasteiger partial charge on any atom is -0.497 e. The van der Waals surface area contributed by atoms with Crippen molar-refractivity contribution in [3.05, 3.63) is 47.8 Å². The third-order valence-corrected chi connectivity index (χ3v) is 4.80. The minimum atomic E-state index is -0.532. The molecule has 142 valence electrons. The highest BCUT2D eigenvalue weighted by Crippen LogP contribution is 2.23. The van der Waals surface area contributed by atoms with Crippen LogP contribution in [0.2, 0.25) is 0 Å². The van der Waals surface area contributed by atoms with E-state index in [1.54, 1.807) is 60.2 Å². The molecule has 0 radical (unpaired) electrons. The number of nitrogens with zero attached hydrogens (tertiary/aromatic N) is 2. The summed E-state index contributed by atoms with van der Waals surface area (Å²) >= 11 is 0. The van der Waals surface area contributed by atoms with Gasteiger partial charge in [0.2, 0.25) is 5.91 Å². The molecule has 0 bridgehead atoms. The summed E-state index contributed by atoms with van der Waals surface area (Å²) in [7, 11) is 3.30. The molecule has 27 heavy (non-hydrogen) atoms. The van der Waals surface area contributed by atoms with Gasteiger partial charge in [-0.25, -0.2) is 0 Å². The van der Waals surface area contributed by atoms with E-state index >= 15 is 0 Å². The Morgan fingerprint density at radius 3 is 2.48 bits per heavy atom. The number of Topliss-reactive ketones (excluding diaryl/α,β-unsaturated/α-hetero) is 1. The first-order chi connectivity index (χ1) is 12.9. The number of carbonyl (C=O) groups is 3. The number of methoxy groups -OCH3 is 1. The molecule has 1 aromatic carbocycles. The zero-order chi connectivity index (χ0) is 19.6. The molecule has 1 atom stereocenters. The molecule has 1 fully saturated rings. The molecule has 2 aromatic rings. The van der Waals surface area contributed by atoms with Crippen LogP contribution in [0.3, 0.4) is 0 Å². The highest BCUT2D eigenvalue weighted by molar-refractivity contribution is 6.03. The summed E-state index contributed by atoms with van der Waals surface area (Å²) in [5, 5.41) is 2.86. The Hall–Kier alpha value is -3.09. The molecular formula is C20H23N3O4. The fraction of sp³-hybridized carbons (Fsp3) is 0.350. The molecule has 1 saturated heterocycles. The molecule has 1 aliphatic heterocycles. The number of aryl methyl sites for hydroxylation is 1. The summed E-state index contributed by atoms with van der Waals surface area (Å²) in [6, 6.07) is 8.10. The molecule has 1 aromatic heterocycles. The van der Waals surface area contributed by atoms with Crippen molar-refractivity contribution in [1.82, 2.24) is 9.47 Å². The first-order valence-corrected chi connectivity index (χ1v) is 8.84. The zero-order valence-corrected chi connectivity index (χ0v) is 15.7. The molecule has 7 nitrogen and oxygen atoms in total. The number of carbonyl (C=O) groups excluding carboxylic acids is 3. The van der Waals surface area contributed by atoms with Crippen molar-refractivity contribution in [2.45, 2.75) is 25.8 Å². The zero-order valence-electron chi connectivity index (χ0n) is 15.7. The first-order valence-electron chi connectivity index (χ1n) is 8.84. The van der Waals surface area contributed by atoms with Crippen LogP contribution in [0.5, 0.6) is 5.75 Å². The van der Waals surface area contributed by atoms with Gasteiger partial charge in [0.25, 0.3) is 5.91 Å². The van der Waals surface area contributed by atoms with Crippen molar-refractivity contribution >= 4 is 23.3 Å². The number of nitrogens with one attached hydrogen (secondary N) is 1. The lowest BCUT2D eigenvalue weighted by Gasteiger charge is -2.24. The number of anilines is 1. The Balaban J connectivity index is 1.74. The van der Waals surface area contributed by atoms with Gasteiger partial charge in [-0.15, -0.1) is 0 Å². The Morgan fingerprint density at radius 2 is 1.89 bits per heavy atom. The molecule has 3 rings (SSSR count). The van der Waals surface area contributed by atoms with E-state index in [0.29, 0.717) is 35.7 Å². The van der Waals surface area contributed by atoms with Gasteiger partial charge in [-0.1, -0.05) is 0 Å². The van der Waals surface area contributed by atoms with Gasteiger partial charge in [-0.05, 0) is 50.1 Å². The predicted molar refractivity (Wildman–Crippen MR) is 101 cm³/mol. The van der Waals surface area contributed by atoms with Crippen LogP contribution in [0.15, 0.2) is 36.5 Å². The number of amides is 2. The smallest absolute Gasteiger partial charge is 0.271 e. The van der Waals surface area contributed by atoms with Crippen molar-refractivity contribution in [3.63, 3.8) is 0 Å². The van der Waals surface area contributed by atoms with Crippen molar-refractivity contribution < 1.29 is 19.1 Å². The Labute approximate surface area is 157 Å². The molecule has 0 unspecified atom stereocenters. The van der Waals surface area contributed by atoms with Gasteiger partial charge in [0.15, 0.2) is 5.78 Å². The fourth-order valence-corrected chi connectivity index (χ4v) is 3.30. The molecule has 2 amide bonds. The van der Waals surface area contributed by atoms with Gasteiger partial charge in [-0.2, -0.15) is 0 Å². The molecule has 0 spiro atoms. The van der Waals surface area contributed by atoms with Crippen LogP contribution in [0, 0.1) is 0 Å². The second-order valence-electron chi connectivity index (χ2n) is 6.66. The lowest BCUT2D eigenvalue weighted by molar-refractivity contribution is -0.119. The second kappa shape index (κ2) is 7.65. The number of rotatable bonds is 5. The Bertz CT molecular complexity index is 870. The summed E-state index contributed by atoms with van der Waals surface area (Å²) in [6.07, 6.45) is 3.01. The normalized spacial score (nSPS) is 16.3. The average Bonchev–Trinajstić information content (AvgIpc) is 3.28. The SMILES string of the molecule is COc1ccc(NC(=O)[C@H]2CCCN2C(=O)c2cc(C(C)=O)cn2C)cc1. The number of ketones is 1. The third kappa shape index (κ3) is 3.86. The second-order valence-corrected chi connectivity index (χ2v) is 6.66. The third-order valence-electron chi connectivity index (χ3n) is 4.80. The van der Waals surface area contributed by atoms with Crippen LogP contribution >= 0.6 is 0 Å². The van der Waals surface area contributed by atoms with Crippen molar-refractivity contribution in [2.24, 2.45) is 7.05 Å². The van der Waals surface area contributed by atoms with Crippen LogP contribution in [0.25, 0.3) is 0 Å². The Kier molecular flexibility index (Phi) is 5.30. The van der Waals surface area contributed by atoms with Gasteiger partial charge in [-0.3, -0.25) is 14.4 Å². The maximum atomic E-state index is 13.0. The highest BCUT2D eigenvalue weighted by Gasteiger charge is 2.35. The molecule has 0 aliphatic carbocycles. The molecule has 1 aliphatic rings. The summed E-state index contributed by atoms with van der Waals surface area (Å²) in [5.74, 6) is 0.153. The van der Waals surface area contributed by atoms with E-state index in [1.165, 1.54) is 6.92 Å². The van der Waals surface area contributed by atoms with Crippen molar-refractivity contribution in [3.8, 4) is 5.75 Å². The maximum absolute atomic E-state index is 13.0. The van der Waals surface area contributed by atoms with Crippen LogP contribution in [0.1, 0.15) is 40.6 Å². The number of hydrogen-bond donors (Lipinski definition) is 1. The number of aromatic nitrogens is 1. The van der Waals surface area contributed by atoms with Crippen LogP contribution < -0.4 is 10.1 Å². The highest BCUT2D eigenvalue weighted by atomic mass is 16.5. The summed E-state index contributed by atoms with van der Waals surface area (Å²) < 4.78 is 6.74. The predicted octanol–water partition coefficient (Wildman–Crippen LogP) is 2.48. The van der Waals surface area contributed by atoms with Gasteiger partial charge in [0, 0.05) is 31.0 Å². The van der Waals surface area contributed by atoms with Gasteiger partial charge < -0.3 is 19.5 Å². The lowest BCUT2D eigenvalue weighted by Crippen LogP contribution is -2.43. The van der Waals surface area contributed by atoms with E-state index in [1.807, 2.05) is 0 Å². The summed E-state index contributed by atoms with van der Waals surface area (Å²) in [4.78, 5) is 38.8.